The Bertz CT molecular complexity index is 871. The first-order valence-electron chi connectivity index (χ1n) is 8.06. The van der Waals surface area contributed by atoms with Crippen LogP contribution in [0.3, 0.4) is 0 Å². The number of aliphatic hydroxyl groups is 1. The highest BCUT2D eigenvalue weighted by Gasteiger charge is 2.43. The number of carbonyl (C=O) groups excluding carboxylic acids is 2. The molecule has 4 nitrogen and oxygen atoms in total. The number of halogens is 1. The van der Waals surface area contributed by atoms with E-state index in [9.17, 15) is 14.7 Å². The minimum absolute atomic E-state index is 0.146. The molecular weight excluding hydrogens is 338 g/mol. The third kappa shape index (κ3) is 3.05. The van der Waals surface area contributed by atoms with E-state index in [-0.39, 0.29) is 17.8 Å². The number of Topliss-reactive ketones (excluding diaryl/α,β-unsaturated/α-hetero) is 1. The zero-order chi connectivity index (χ0) is 18.1. The summed E-state index contributed by atoms with van der Waals surface area (Å²) in [5, 5.41) is 10.9. The number of hydrogen-bond donors (Lipinski definition) is 1. The number of anilines is 1. The molecule has 0 saturated heterocycles. The number of rotatable bonds is 4. The van der Waals surface area contributed by atoms with Gasteiger partial charge >= 0.3 is 0 Å². The lowest BCUT2D eigenvalue weighted by Crippen LogP contribution is -2.31. The Morgan fingerprint density at radius 1 is 1.20 bits per heavy atom. The molecule has 0 aromatic heterocycles. The van der Waals surface area contributed by atoms with Crippen molar-refractivity contribution in [1.29, 1.82) is 0 Å². The second-order valence-electron chi connectivity index (χ2n) is 6.01. The maximum absolute atomic E-state index is 12.7. The van der Waals surface area contributed by atoms with Crippen molar-refractivity contribution in [2.75, 3.05) is 4.90 Å². The SMILES string of the molecule is CCC(=O)C1=C(O)C(=O)N(c2ccc(Cl)cc2)C1c1cccc(C)c1. The monoisotopic (exact) mass is 355 g/mol. The fraction of sp³-hybridized carbons (Fsp3) is 0.200. The van der Waals surface area contributed by atoms with Crippen molar-refractivity contribution in [2.24, 2.45) is 0 Å². The van der Waals surface area contributed by atoms with Gasteiger partial charge in [-0.2, -0.15) is 0 Å². The highest BCUT2D eigenvalue weighted by atomic mass is 35.5. The van der Waals surface area contributed by atoms with Crippen LogP contribution in [0.5, 0.6) is 0 Å². The van der Waals surface area contributed by atoms with E-state index in [1.54, 1.807) is 31.2 Å². The quantitative estimate of drug-likeness (QED) is 0.876. The van der Waals surface area contributed by atoms with Crippen LogP contribution in [0.2, 0.25) is 5.02 Å². The third-order valence-electron chi connectivity index (χ3n) is 4.29. The zero-order valence-electron chi connectivity index (χ0n) is 14.0. The predicted octanol–water partition coefficient (Wildman–Crippen LogP) is 4.53. The number of carbonyl (C=O) groups is 2. The summed E-state index contributed by atoms with van der Waals surface area (Å²) in [7, 11) is 0. The van der Waals surface area contributed by atoms with Crippen LogP contribution < -0.4 is 4.90 Å². The Kier molecular flexibility index (Phi) is 4.64. The summed E-state index contributed by atoms with van der Waals surface area (Å²) >= 11 is 5.94. The molecule has 0 fully saturated rings. The molecule has 128 valence electrons. The van der Waals surface area contributed by atoms with Crippen molar-refractivity contribution in [2.45, 2.75) is 26.3 Å². The summed E-state index contributed by atoms with van der Waals surface area (Å²) < 4.78 is 0. The molecule has 0 aliphatic carbocycles. The minimum Gasteiger partial charge on any atom is -0.503 e. The first-order valence-corrected chi connectivity index (χ1v) is 8.43. The molecule has 1 unspecified atom stereocenters. The summed E-state index contributed by atoms with van der Waals surface area (Å²) in [6.07, 6.45) is 0.212. The van der Waals surface area contributed by atoms with E-state index in [1.165, 1.54) is 4.90 Å². The number of aryl methyl sites for hydroxylation is 1. The van der Waals surface area contributed by atoms with E-state index < -0.39 is 17.7 Å². The first-order chi connectivity index (χ1) is 11.9. The molecular formula is C20H18ClNO3. The molecule has 2 aromatic carbocycles. The van der Waals surface area contributed by atoms with Crippen LogP contribution in [-0.2, 0) is 9.59 Å². The molecule has 1 aliphatic rings. The highest BCUT2D eigenvalue weighted by Crippen LogP contribution is 2.41. The van der Waals surface area contributed by atoms with Crippen LogP contribution in [0.15, 0.2) is 59.9 Å². The first kappa shape index (κ1) is 17.2. The Labute approximate surface area is 151 Å². The highest BCUT2D eigenvalue weighted by molar-refractivity contribution is 6.30. The number of hydrogen-bond acceptors (Lipinski definition) is 3. The number of amides is 1. The zero-order valence-corrected chi connectivity index (χ0v) is 14.7. The average Bonchev–Trinajstić information content (AvgIpc) is 2.87. The van der Waals surface area contributed by atoms with Gasteiger partial charge in [0.15, 0.2) is 11.5 Å². The van der Waals surface area contributed by atoms with Gasteiger partial charge in [0, 0.05) is 17.1 Å². The lowest BCUT2D eigenvalue weighted by molar-refractivity contribution is -0.118. The molecule has 1 amide bonds. The molecule has 1 atom stereocenters. The molecule has 0 radical (unpaired) electrons. The smallest absolute Gasteiger partial charge is 0.294 e. The Morgan fingerprint density at radius 2 is 1.88 bits per heavy atom. The van der Waals surface area contributed by atoms with Gasteiger partial charge in [0.25, 0.3) is 5.91 Å². The summed E-state index contributed by atoms with van der Waals surface area (Å²) in [5.41, 5.74) is 2.51. The van der Waals surface area contributed by atoms with Gasteiger partial charge in [-0.3, -0.25) is 14.5 Å². The fourth-order valence-corrected chi connectivity index (χ4v) is 3.23. The topological polar surface area (TPSA) is 57.6 Å². The van der Waals surface area contributed by atoms with E-state index in [4.69, 9.17) is 11.6 Å². The van der Waals surface area contributed by atoms with E-state index >= 15 is 0 Å². The van der Waals surface area contributed by atoms with Crippen LogP contribution in [0, 0.1) is 6.92 Å². The Morgan fingerprint density at radius 3 is 2.48 bits per heavy atom. The standard InChI is InChI=1S/C20H18ClNO3/c1-3-16(23)17-18(13-6-4-5-12(2)11-13)22(20(25)19(17)24)15-9-7-14(21)8-10-15/h4-11,18,24H,3H2,1-2H3. The molecule has 3 rings (SSSR count). The van der Waals surface area contributed by atoms with Crippen molar-refractivity contribution in [1.82, 2.24) is 0 Å². The van der Waals surface area contributed by atoms with Crippen LogP contribution in [0.25, 0.3) is 0 Å². The molecule has 25 heavy (non-hydrogen) atoms. The van der Waals surface area contributed by atoms with Crippen molar-refractivity contribution >= 4 is 29.0 Å². The van der Waals surface area contributed by atoms with Crippen molar-refractivity contribution in [3.8, 4) is 0 Å². The molecule has 0 bridgehead atoms. The van der Waals surface area contributed by atoms with Crippen LogP contribution >= 0.6 is 11.6 Å². The van der Waals surface area contributed by atoms with Crippen LogP contribution in [0.1, 0.15) is 30.5 Å². The number of aliphatic hydroxyl groups excluding tert-OH is 1. The minimum atomic E-state index is -0.652. The molecule has 1 aliphatic heterocycles. The maximum Gasteiger partial charge on any atom is 0.294 e. The van der Waals surface area contributed by atoms with Gasteiger partial charge in [-0.15, -0.1) is 0 Å². The van der Waals surface area contributed by atoms with Crippen molar-refractivity contribution < 1.29 is 14.7 Å². The summed E-state index contributed by atoms with van der Waals surface area (Å²) in [4.78, 5) is 26.6. The molecule has 0 spiro atoms. The van der Waals surface area contributed by atoms with E-state index in [0.717, 1.165) is 11.1 Å². The number of ketones is 1. The lowest BCUT2D eigenvalue weighted by atomic mass is 9.94. The van der Waals surface area contributed by atoms with E-state index in [2.05, 4.69) is 0 Å². The van der Waals surface area contributed by atoms with Gasteiger partial charge in [-0.05, 0) is 36.8 Å². The van der Waals surface area contributed by atoms with Gasteiger partial charge in [0.05, 0.1) is 11.6 Å². The largest absolute Gasteiger partial charge is 0.503 e. The molecule has 0 saturated carbocycles. The maximum atomic E-state index is 12.7. The van der Waals surface area contributed by atoms with Crippen LogP contribution in [-0.4, -0.2) is 16.8 Å². The fourth-order valence-electron chi connectivity index (χ4n) is 3.10. The summed E-state index contributed by atoms with van der Waals surface area (Å²) in [6.45, 7) is 3.66. The van der Waals surface area contributed by atoms with Gasteiger partial charge in [-0.25, -0.2) is 0 Å². The van der Waals surface area contributed by atoms with Gasteiger partial charge in [0.2, 0.25) is 0 Å². The van der Waals surface area contributed by atoms with E-state index in [1.807, 2.05) is 31.2 Å². The average molecular weight is 356 g/mol. The number of nitrogens with zero attached hydrogens (tertiary/aromatic N) is 1. The molecule has 1 heterocycles. The van der Waals surface area contributed by atoms with Crippen molar-refractivity contribution in [3.05, 3.63) is 76.0 Å². The number of benzene rings is 2. The van der Waals surface area contributed by atoms with Gasteiger partial charge in [0.1, 0.15) is 0 Å². The second kappa shape index (κ2) is 6.73. The molecule has 2 aromatic rings. The summed E-state index contributed by atoms with van der Waals surface area (Å²) in [5.74, 6) is -1.30. The van der Waals surface area contributed by atoms with Crippen LogP contribution in [0.4, 0.5) is 5.69 Å². The normalized spacial score (nSPS) is 17.3. The predicted molar refractivity (Wildman–Crippen MR) is 97.8 cm³/mol. The van der Waals surface area contributed by atoms with Gasteiger partial charge in [-0.1, -0.05) is 48.4 Å². The molecule has 5 heteroatoms. The van der Waals surface area contributed by atoms with Crippen molar-refractivity contribution in [3.63, 3.8) is 0 Å². The van der Waals surface area contributed by atoms with E-state index in [0.29, 0.717) is 10.7 Å². The molecule has 1 N–H and O–H groups in total. The summed E-state index contributed by atoms with van der Waals surface area (Å²) in [6, 6.07) is 13.7. The lowest BCUT2D eigenvalue weighted by Gasteiger charge is -2.27. The third-order valence-corrected chi connectivity index (χ3v) is 4.54. The Hall–Kier alpha value is -2.59. The van der Waals surface area contributed by atoms with Gasteiger partial charge < -0.3 is 5.11 Å². The Balaban J connectivity index is 2.18. The second-order valence-corrected chi connectivity index (χ2v) is 6.44.